The third-order valence-corrected chi connectivity index (χ3v) is 3.39. The molecule has 0 aromatic carbocycles. The van der Waals surface area contributed by atoms with E-state index in [1.807, 2.05) is 21.1 Å². The standard InChI is InChI=1S/C12H17Cl2N5O4.ClH/c1-19(2,3)6-8(21)16-15-7(20)4-5-18-12(23)10(14)9(13)11(22)17-18;/h4-6H2,1-3H3,(H2-,15,16,17,20,21,22,23);1H. The summed E-state index contributed by atoms with van der Waals surface area (Å²) in [7, 11) is 5.48. The predicted molar refractivity (Wildman–Crippen MR) is 85.1 cm³/mol. The van der Waals surface area contributed by atoms with Crippen molar-refractivity contribution in [2.75, 3.05) is 27.7 Å². The molecule has 0 aliphatic rings. The highest BCUT2D eigenvalue weighted by Gasteiger charge is 2.15. The van der Waals surface area contributed by atoms with Gasteiger partial charge in [-0.05, 0) is 0 Å². The predicted octanol–water partition coefficient (Wildman–Crippen LogP) is -3.91. The summed E-state index contributed by atoms with van der Waals surface area (Å²) in [4.78, 5) is 46.3. The Labute approximate surface area is 153 Å². The molecule has 0 fully saturated rings. The van der Waals surface area contributed by atoms with E-state index in [-0.39, 0.29) is 37.8 Å². The van der Waals surface area contributed by atoms with Gasteiger partial charge in [-0.1, -0.05) is 23.2 Å². The minimum Gasteiger partial charge on any atom is -1.00 e. The molecule has 1 aromatic heterocycles. The average Bonchev–Trinajstić information content (AvgIpc) is 2.43. The van der Waals surface area contributed by atoms with Gasteiger partial charge in [0.2, 0.25) is 5.91 Å². The second-order valence-corrected chi connectivity index (χ2v) is 6.58. The van der Waals surface area contributed by atoms with Crippen LogP contribution in [0.5, 0.6) is 0 Å². The number of halogens is 3. The summed E-state index contributed by atoms with van der Waals surface area (Å²) in [5, 5.41) is 1.39. The summed E-state index contributed by atoms with van der Waals surface area (Å²) in [6.07, 6.45) is -0.154. The fourth-order valence-corrected chi connectivity index (χ4v) is 1.89. The third kappa shape index (κ3) is 6.91. The van der Waals surface area contributed by atoms with Gasteiger partial charge in [0.1, 0.15) is 10.0 Å². The van der Waals surface area contributed by atoms with Gasteiger partial charge in [0.15, 0.2) is 6.54 Å². The molecule has 2 amide bonds. The van der Waals surface area contributed by atoms with Crippen LogP contribution in [0.1, 0.15) is 6.42 Å². The lowest BCUT2D eigenvalue weighted by Gasteiger charge is -2.22. The zero-order chi connectivity index (χ0) is 17.8. The molecule has 1 rings (SSSR count). The number of hydrogen-bond donors (Lipinski definition) is 3. The highest BCUT2D eigenvalue weighted by Crippen LogP contribution is 2.10. The summed E-state index contributed by atoms with van der Waals surface area (Å²) in [6.45, 7) is 0.0574. The second kappa shape index (κ2) is 9.07. The lowest BCUT2D eigenvalue weighted by molar-refractivity contribution is -0.862. The number of hydrazine groups is 1. The molecule has 12 heteroatoms. The summed E-state index contributed by atoms with van der Waals surface area (Å²) in [5.41, 5.74) is 3.04. The summed E-state index contributed by atoms with van der Waals surface area (Å²) in [6, 6.07) is 0. The molecule has 136 valence electrons. The minimum atomic E-state index is -0.729. The zero-order valence-corrected chi connectivity index (χ0v) is 15.6. The Morgan fingerprint density at radius 3 is 2.17 bits per heavy atom. The molecule has 0 radical (unpaired) electrons. The van der Waals surface area contributed by atoms with Gasteiger partial charge in [-0.3, -0.25) is 35.1 Å². The topological polar surface area (TPSA) is 113 Å². The van der Waals surface area contributed by atoms with Gasteiger partial charge >= 0.3 is 0 Å². The third-order valence-electron chi connectivity index (χ3n) is 2.58. The first-order valence-electron chi connectivity index (χ1n) is 6.57. The van der Waals surface area contributed by atoms with Crippen LogP contribution in [0.25, 0.3) is 0 Å². The van der Waals surface area contributed by atoms with Gasteiger partial charge < -0.3 is 16.9 Å². The monoisotopic (exact) mass is 401 g/mol. The Hall–Kier alpha value is -1.55. The smallest absolute Gasteiger partial charge is 0.293 e. The van der Waals surface area contributed by atoms with E-state index in [0.717, 1.165) is 4.68 Å². The van der Waals surface area contributed by atoms with Crippen LogP contribution in [-0.2, 0) is 16.1 Å². The molecule has 0 spiro atoms. The van der Waals surface area contributed by atoms with Crippen molar-refractivity contribution in [3.63, 3.8) is 0 Å². The number of aromatic amines is 1. The number of amides is 2. The molecule has 0 bridgehead atoms. The van der Waals surface area contributed by atoms with E-state index in [2.05, 4.69) is 16.0 Å². The molecule has 1 aromatic rings. The van der Waals surface area contributed by atoms with Crippen molar-refractivity contribution in [1.82, 2.24) is 20.6 Å². The van der Waals surface area contributed by atoms with Crippen molar-refractivity contribution in [1.29, 1.82) is 0 Å². The summed E-state index contributed by atoms with van der Waals surface area (Å²) >= 11 is 11.2. The number of H-pyrrole nitrogens is 1. The van der Waals surface area contributed by atoms with Gasteiger partial charge in [0.05, 0.1) is 27.7 Å². The number of hydrogen-bond acceptors (Lipinski definition) is 4. The maximum absolute atomic E-state index is 11.8. The molecular weight excluding hydrogens is 385 g/mol. The van der Waals surface area contributed by atoms with Crippen molar-refractivity contribution in [3.05, 3.63) is 30.8 Å². The molecule has 0 aliphatic carbocycles. The quantitative estimate of drug-likeness (QED) is 0.345. The number of carbonyl (C=O) groups excluding carboxylic acids is 2. The van der Waals surface area contributed by atoms with Crippen molar-refractivity contribution in [2.24, 2.45) is 0 Å². The number of aryl methyl sites for hydroxylation is 1. The molecule has 0 aliphatic heterocycles. The Morgan fingerprint density at radius 2 is 1.62 bits per heavy atom. The Balaban J connectivity index is 0.00000529. The molecular formula is C12H18Cl3N5O4. The number of quaternary nitrogens is 1. The van der Waals surface area contributed by atoms with Crippen molar-refractivity contribution in [3.8, 4) is 0 Å². The molecule has 9 nitrogen and oxygen atoms in total. The summed E-state index contributed by atoms with van der Waals surface area (Å²) in [5.74, 6) is -0.885. The van der Waals surface area contributed by atoms with Crippen molar-refractivity contribution in [2.45, 2.75) is 13.0 Å². The van der Waals surface area contributed by atoms with E-state index in [1.165, 1.54) is 0 Å². The van der Waals surface area contributed by atoms with Crippen LogP contribution in [0.4, 0.5) is 0 Å². The first kappa shape index (κ1) is 22.4. The second-order valence-electron chi connectivity index (χ2n) is 5.82. The first-order chi connectivity index (χ1) is 10.5. The molecule has 0 saturated heterocycles. The number of nitrogens with one attached hydrogen (secondary N) is 3. The number of nitrogens with zero attached hydrogens (tertiary/aromatic N) is 2. The Morgan fingerprint density at radius 1 is 1.08 bits per heavy atom. The fourth-order valence-electron chi connectivity index (χ4n) is 1.58. The molecule has 1 heterocycles. The SMILES string of the molecule is C[N+](C)(C)CC(=O)NNC(=O)CCn1[nH]c(=O)c(Cl)c(Cl)c1=O.[Cl-]. The van der Waals surface area contributed by atoms with E-state index in [1.54, 1.807) is 0 Å². The van der Waals surface area contributed by atoms with E-state index in [9.17, 15) is 19.2 Å². The highest BCUT2D eigenvalue weighted by atomic mass is 35.5. The summed E-state index contributed by atoms with van der Waals surface area (Å²) < 4.78 is 1.28. The van der Waals surface area contributed by atoms with Crippen LogP contribution in [0, 0.1) is 0 Å². The normalized spacial score (nSPS) is 10.7. The van der Waals surface area contributed by atoms with Gasteiger partial charge in [0.25, 0.3) is 17.0 Å². The Bertz CT molecular complexity index is 723. The fraction of sp³-hybridized carbons (Fsp3) is 0.500. The van der Waals surface area contributed by atoms with E-state index >= 15 is 0 Å². The molecule has 3 N–H and O–H groups in total. The van der Waals surface area contributed by atoms with Gasteiger partial charge in [0, 0.05) is 6.42 Å². The van der Waals surface area contributed by atoms with Crippen molar-refractivity contribution >= 4 is 35.0 Å². The number of aromatic nitrogens is 2. The largest absolute Gasteiger partial charge is 1.00 e. The van der Waals surface area contributed by atoms with E-state index < -0.39 is 27.1 Å². The van der Waals surface area contributed by atoms with Crippen LogP contribution in [0.3, 0.4) is 0 Å². The number of likely N-dealkylation sites (N-methyl/N-ethyl adjacent to an activating group) is 1. The van der Waals surface area contributed by atoms with E-state index in [4.69, 9.17) is 23.2 Å². The minimum absolute atomic E-state index is 0. The van der Waals surface area contributed by atoms with E-state index in [0.29, 0.717) is 4.48 Å². The highest BCUT2D eigenvalue weighted by molar-refractivity contribution is 6.41. The lowest BCUT2D eigenvalue weighted by atomic mass is 10.4. The first-order valence-corrected chi connectivity index (χ1v) is 7.33. The number of rotatable bonds is 5. The molecule has 24 heavy (non-hydrogen) atoms. The van der Waals surface area contributed by atoms with Crippen LogP contribution in [0.2, 0.25) is 10.0 Å². The Kier molecular flexibility index (Phi) is 8.48. The van der Waals surface area contributed by atoms with Gasteiger partial charge in [-0.25, -0.2) is 4.68 Å². The van der Waals surface area contributed by atoms with Crippen LogP contribution in [0.15, 0.2) is 9.59 Å². The average molecular weight is 403 g/mol. The molecule has 0 atom stereocenters. The van der Waals surface area contributed by atoms with Crippen LogP contribution < -0.4 is 34.4 Å². The van der Waals surface area contributed by atoms with Crippen molar-refractivity contribution < 1.29 is 26.5 Å². The van der Waals surface area contributed by atoms with Gasteiger partial charge in [-0.15, -0.1) is 0 Å². The maximum Gasteiger partial charge on any atom is 0.293 e. The van der Waals surface area contributed by atoms with Crippen LogP contribution >= 0.6 is 23.2 Å². The van der Waals surface area contributed by atoms with Gasteiger partial charge in [-0.2, -0.15) is 0 Å². The zero-order valence-electron chi connectivity index (χ0n) is 13.3. The molecule has 0 saturated carbocycles. The maximum atomic E-state index is 11.8. The van der Waals surface area contributed by atoms with Crippen LogP contribution in [-0.4, -0.2) is 53.8 Å². The lowest BCUT2D eigenvalue weighted by Crippen LogP contribution is -3.00. The number of carbonyl (C=O) groups is 2. The molecule has 0 unspecified atom stereocenters.